The summed E-state index contributed by atoms with van der Waals surface area (Å²) < 4.78 is 1.48. The number of nitrogens with two attached hydrogens (primary N) is 1. The minimum atomic E-state index is -0.128. The Balaban J connectivity index is 0.00000220. The number of carbonyl (C=O) groups excluding carboxylic acids is 1. The topological polar surface area (TPSA) is 98.7 Å². The Morgan fingerprint density at radius 3 is 3.00 bits per heavy atom. The summed E-state index contributed by atoms with van der Waals surface area (Å²) in [5.74, 6) is -0.128. The van der Waals surface area contributed by atoms with Crippen molar-refractivity contribution >= 4 is 29.7 Å². The van der Waals surface area contributed by atoms with E-state index in [2.05, 4.69) is 27.8 Å². The van der Waals surface area contributed by atoms with Gasteiger partial charge in [-0.25, -0.2) is 0 Å². The highest BCUT2D eigenvalue weighted by Crippen LogP contribution is 2.20. The van der Waals surface area contributed by atoms with Crippen LogP contribution in [0.5, 0.6) is 0 Å². The zero-order valence-electron chi connectivity index (χ0n) is 11.7. The molecule has 2 aromatic rings. The maximum absolute atomic E-state index is 12.3. The molecule has 0 aliphatic carbocycles. The predicted octanol–water partition coefficient (Wildman–Crippen LogP) is 1.39. The maximum atomic E-state index is 12.3. The van der Waals surface area contributed by atoms with Gasteiger partial charge in [-0.15, -0.1) is 28.8 Å². The van der Waals surface area contributed by atoms with E-state index in [1.54, 1.807) is 0 Å². The van der Waals surface area contributed by atoms with Crippen LogP contribution >= 0.6 is 23.7 Å². The monoisotopic (exact) mass is 330 g/mol. The number of carbonyl (C=O) groups is 1. The Morgan fingerprint density at radius 1 is 1.57 bits per heavy atom. The first-order valence-electron chi connectivity index (χ1n) is 6.58. The van der Waals surface area contributed by atoms with Crippen LogP contribution in [0.4, 0.5) is 0 Å². The van der Waals surface area contributed by atoms with Crippen molar-refractivity contribution in [1.82, 2.24) is 25.5 Å². The average molecular weight is 331 g/mol. The molecule has 0 spiro atoms. The zero-order valence-corrected chi connectivity index (χ0v) is 13.4. The highest BCUT2D eigenvalue weighted by molar-refractivity contribution is 7.12. The van der Waals surface area contributed by atoms with E-state index in [4.69, 9.17) is 5.73 Å². The van der Waals surface area contributed by atoms with Gasteiger partial charge in [-0.3, -0.25) is 4.79 Å². The van der Waals surface area contributed by atoms with Crippen molar-refractivity contribution in [1.29, 1.82) is 0 Å². The molecule has 116 valence electrons. The smallest absolute Gasteiger partial charge is 0.263 e. The Bertz CT molecular complexity index is 544. The predicted molar refractivity (Wildman–Crippen MR) is 84.1 cm³/mol. The van der Waals surface area contributed by atoms with Crippen molar-refractivity contribution in [2.45, 2.75) is 32.2 Å². The Morgan fingerprint density at radius 2 is 2.38 bits per heavy atom. The van der Waals surface area contributed by atoms with Crippen molar-refractivity contribution in [2.24, 2.45) is 5.73 Å². The largest absolute Gasteiger partial charge is 0.347 e. The average Bonchev–Trinajstić information content (AvgIpc) is 3.12. The molecule has 9 heteroatoms. The number of amides is 1. The molecule has 0 radical (unpaired) electrons. The molecule has 0 aliphatic rings. The molecular weight excluding hydrogens is 312 g/mol. The molecule has 0 saturated heterocycles. The number of aromatic nitrogens is 4. The van der Waals surface area contributed by atoms with Crippen molar-refractivity contribution in [3.05, 3.63) is 22.7 Å². The molecule has 2 rings (SSSR count). The van der Waals surface area contributed by atoms with Crippen LogP contribution < -0.4 is 11.1 Å². The number of thiophene rings is 1. The summed E-state index contributed by atoms with van der Waals surface area (Å²) in [6, 6.07) is 1.82. The van der Waals surface area contributed by atoms with E-state index in [0.717, 1.165) is 19.3 Å². The molecule has 0 aliphatic heterocycles. The van der Waals surface area contributed by atoms with Gasteiger partial charge in [0.15, 0.2) is 0 Å². The molecule has 2 heterocycles. The van der Waals surface area contributed by atoms with Crippen molar-refractivity contribution < 1.29 is 4.79 Å². The van der Waals surface area contributed by atoms with Crippen LogP contribution in [0, 0.1) is 0 Å². The van der Waals surface area contributed by atoms with E-state index < -0.39 is 0 Å². The molecule has 0 bridgehead atoms. The number of nitrogens with zero attached hydrogens (tertiary/aromatic N) is 4. The summed E-state index contributed by atoms with van der Waals surface area (Å²) in [6.45, 7) is 2.56. The van der Waals surface area contributed by atoms with Crippen LogP contribution in [0.25, 0.3) is 5.69 Å². The van der Waals surface area contributed by atoms with Gasteiger partial charge in [0.05, 0.1) is 5.69 Å². The summed E-state index contributed by atoms with van der Waals surface area (Å²) in [5.41, 5.74) is 6.38. The lowest BCUT2D eigenvalue weighted by molar-refractivity contribution is 0.0940. The van der Waals surface area contributed by atoms with Crippen molar-refractivity contribution in [2.75, 3.05) is 6.54 Å². The third kappa shape index (κ3) is 4.48. The van der Waals surface area contributed by atoms with Crippen LogP contribution in [0.15, 0.2) is 17.8 Å². The quantitative estimate of drug-likeness (QED) is 0.799. The Hall–Kier alpha value is -1.51. The number of nitrogens with one attached hydrogen (secondary N) is 1. The highest BCUT2D eigenvalue weighted by atomic mass is 35.5. The second-order valence-electron chi connectivity index (χ2n) is 4.44. The van der Waals surface area contributed by atoms with Crippen molar-refractivity contribution in [3.8, 4) is 5.69 Å². The molecule has 2 aromatic heterocycles. The van der Waals surface area contributed by atoms with Crippen LogP contribution in [0.3, 0.4) is 0 Å². The fraction of sp³-hybridized carbons (Fsp3) is 0.500. The summed E-state index contributed by atoms with van der Waals surface area (Å²) in [7, 11) is 0. The first-order valence-corrected chi connectivity index (χ1v) is 7.46. The number of halogens is 1. The molecule has 7 nitrogen and oxygen atoms in total. The van der Waals surface area contributed by atoms with Crippen LogP contribution in [0.2, 0.25) is 0 Å². The minimum absolute atomic E-state index is 0. The van der Waals surface area contributed by atoms with Crippen LogP contribution in [0.1, 0.15) is 35.9 Å². The van der Waals surface area contributed by atoms with Gasteiger partial charge in [0.2, 0.25) is 0 Å². The number of hydrogen-bond acceptors (Lipinski definition) is 6. The van der Waals surface area contributed by atoms with E-state index in [-0.39, 0.29) is 24.4 Å². The third-order valence-corrected chi connectivity index (χ3v) is 3.87. The first kappa shape index (κ1) is 17.5. The molecular formula is C12H19ClN6OS. The summed E-state index contributed by atoms with van der Waals surface area (Å²) in [5, 5.41) is 15.8. The number of hydrogen-bond donors (Lipinski definition) is 2. The van der Waals surface area contributed by atoms with E-state index in [1.807, 2.05) is 11.4 Å². The Kier molecular flexibility index (Phi) is 7.27. The lowest BCUT2D eigenvalue weighted by Gasteiger charge is -2.16. The van der Waals surface area contributed by atoms with Gasteiger partial charge in [-0.05, 0) is 28.3 Å². The van der Waals surface area contributed by atoms with Crippen LogP contribution in [-0.4, -0.2) is 38.7 Å². The highest BCUT2D eigenvalue weighted by Gasteiger charge is 2.18. The van der Waals surface area contributed by atoms with Gasteiger partial charge in [0.25, 0.3) is 5.91 Å². The minimum Gasteiger partial charge on any atom is -0.347 e. The molecule has 0 saturated carbocycles. The molecule has 1 atom stereocenters. The second kappa shape index (κ2) is 8.71. The van der Waals surface area contributed by atoms with Crippen molar-refractivity contribution in [3.63, 3.8) is 0 Å². The van der Waals surface area contributed by atoms with Gasteiger partial charge in [0, 0.05) is 12.6 Å². The summed E-state index contributed by atoms with van der Waals surface area (Å²) in [4.78, 5) is 12.9. The van der Waals surface area contributed by atoms with Gasteiger partial charge in [-0.1, -0.05) is 19.8 Å². The number of tetrazole rings is 1. The van der Waals surface area contributed by atoms with Crippen LogP contribution in [-0.2, 0) is 0 Å². The lowest BCUT2D eigenvalue weighted by atomic mass is 10.1. The van der Waals surface area contributed by atoms with Gasteiger partial charge >= 0.3 is 0 Å². The normalized spacial score (nSPS) is 11.7. The lowest BCUT2D eigenvalue weighted by Crippen LogP contribution is -2.40. The molecule has 1 unspecified atom stereocenters. The summed E-state index contributed by atoms with van der Waals surface area (Å²) >= 11 is 1.36. The van der Waals surface area contributed by atoms with Gasteiger partial charge in [0.1, 0.15) is 11.2 Å². The fourth-order valence-electron chi connectivity index (χ4n) is 1.87. The molecule has 3 N–H and O–H groups in total. The first-order chi connectivity index (χ1) is 9.76. The molecule has 21 heavy (non-hydrogen) atoms. The van der Waals surface area contributed by atoms with Gasteiger partial charge < -0.3 is 11.1 Å². The van der Waals surface area contributed by atoms with E-state index in [1.165, 1.54) is 22.3 Å². The number of unbranched alkanes of at least 4 members (excludes halogenated alkanes) is 1. The standard InChI is InChI=1S/C12H18N6OS.ClH/c1-2-3-4-9(7-13)15-12(19)11-10(5-6-20-11)18-8-14-16-17-18;/h5-6,8-9H,2-4,7,13H2,1H3,(H,15,19);1H. The zero-order chi connectivity index (χ0) is 14.4. The maximum Gasteiger partial charge on any atom is 0.263 e. The molecule has 0 fully saturated rings. The second-order valence-corrected chi connectivity index (χ2v) is 5.35. The molecule has 0 aromatic carbocycles. The third-order valence-electron chi connectivity index (χ3n) is 2.97. The Labute approximate surface area is 133 Å². The van der Waals surface area contributed by atoms with E-state index >= 15 is 0 Å². The van der Waals surface area contributed by atoms with E-state index in [0.29, 0.717) is 17.1 Å². The summed E-state index contributed by atoms with van der Waals surface area (Å²) in [6.07, 6.45) is 4.49. The van der Waals surface area contributed by atoms with Gasteiger partial charge in [-0.2, -0.15) is 4.68 Å². The number of rotatable bonds is 7. The SMILES string of the molecule is CCCCC(CN)NC(=O)c1sccc1-n1cnnn1.Cl. The fourth-order valence-corrected chi connectivity index (χ4v) is 2.66. The molecule has 1 amide bonds. The van der Waals surface area contributed by atoms with E-state index in [9.17, 15) is 4.79 Å².